The second-order valence-corrected chi connectivity index (χ2v) is 12.7. The topological polar surface area (TPSA) is 88.5 Å². The van der Waals surface area contributed by atoms with Crippen LogP contribution in [0.25, 0.3) is 10.8 Å². The maximum atomic E-state index is 13.9. The highest BCUT2D eigenvalue weighted by molar-refractivity contribution is 8.00. The molecule has 1 saturated heterocycles. The van der Waals surface area contributed by atoms with Crippen LogP contribution in [0.1, 0.15) is 16.4 Å². The number of amides is 3. The first-order valence-electron chi connectivity index (χ1n) is 13.3. The number of nitrogens with one attached hydrogen (secondary N) is 1. The van der Waals surface area contributed by atoms with Gasteiger partial charge in [-0.15, -0.1) is 0 Å². The number of hydrogen-bond acceptors (Lipinski definition) is 6. The van der Waals surface area contributed by atoms with Gasteiger partial charge in [-0.2, -0.15) is 0 Å². The number of imide groups is 1. The van der Waals surface area contributed by atoms with Crippen molar-refractivity contribution in [1.29, 1.82) is 0 Å². The number of aromatic nitrogens is 1. The summed E-state index contributed by atoms with van der Waals surface area (Å²) in [7, 11) is 0. The Hall–Kier alpha value is -4.18. The summed E-state index contributed by atoms with van der Waals surface area (Å²) in [6.07, 6.45) is 0. The summed E-state index contributed by atoms with van der Waals surface area (Å²) < 4.78 is 1.43. The number of halogens is 1. The number of carbonyl (C=O) groups is 3. The van der Waals surface area contributed by atoms with Gasteiger partial charge in [-0.05, 0) is 41.3 Å². The van der Waals surface area contributed by atoms with Gasteiger partial charge < -0.3 is 5.32 Å². The van der Waals surface area contributed by atoms with Crippen LogP contribution in [0, 0.1) is 5.92 Å². The molecule has 0 saturated carbocycles. The van der Waals surface area contributed by atoms with Crippen molar-refractivity contribution >= 4 is 74.6 Å². The highest BCUT2D eigenvalue weighted by Crippen LogP contribution is 2.53. The average Bonchev–Trinajstić information content (AvgIpc) is 3.44. The summed E-state index contributed by atoms with van der Waals surface area (Å²) in [5.74, 6) is -2.25. The monoisotopic (exact) mass is 611 g/mol. The van der Waals surface area contributed by atoms with Crippen molar-refractivity contribution in [2.75, 3.05) is 10.2 Å². The number of carbonyl (C=O) groups excluding carboxylic acids is 3. The molecule has 7 rings (SSSR count). The summed E-state index contributed by atoms with van der Waals surface area (Å²) in [6.45, 7) is -0.219. The first-order valence-corrected chi connectivity index (χ1v) is 15.3. The van der Waals surface area contributed by atoms with E-state index >= 15 is 0 Å². The van der Waals surface area contributed by atoms with E-state index in [1.165, 1.54) is 21.2 Å². The fourth-order valence-corrected chi connectivity index (χ4v) is 8.69. The number of nitrogens with zero attached hydrogens (tertiary/aromatic N) is 2. The van der Waals surface area contributed by atoms with Gasteiger partial charge in [0.05, 0.1) is 16.6 Å². The van der Waals surface area contributed by atoms with E-state index < -0.39 is 17.1 Å². The van der Waals surface area contributed by atoms with Gasteiger partial charge in [-0.1, -0.05) is 101 Å². The third-order valence-corrected chi connectivity index (χ3v) is 10.5. The molecule has 3 amide bonds. The van der Waals surface area contributed by atoms with E-state index in [1.54, 1.807) is 24.3 Å². The third kappa shape index (κ3) is 4.45. The van der Waals surface area contributed by atoms with Crippen LogP contribution in [0.5, 0.6) is 0 Å². The Bertz CT molecular complexity index is 1930. The fourth-order valence-electron chi connectivity index (χ4n) is 5.79. The van der Waals surface area contributed by atoms with Crippen LogP contribution in [0.4, 0.5) is 11.4 Å². The lowest BCUT2D eigenvalue weighted by molar-refractivity contribution is -0.122. The molecule has 1 N–H and O–H groups in total. The van der Waals surface area contributed by atoms with Crippen molar-refractivity contribution < 1.29 is 14.4 Å². The molecule has 42 heavy (non-hydrogen) atoms. The first kappa shape index (κ1) is 26.7. The van der Waals surface area contributed by atoms with Crippen LogP contribution >= 0.6 is 34.7 Å². The Balaban J connectivity index is 1.27. The second kappa shape index (κ2) is 10.6. The van der Waals surface area contributed by atoms with E-state index in [9.17, 15) is 19.2 Å². The van der Waals surface area contributed by atoms with Gasteiger partial charge in [0.25, 0.3) is 0 Å². The summed E-state index contributed by atoms with van der Waals surface area (Å²) in [6, 6.07) is 29.4. The van der Waals surface area contributed by atoms with Gasteiger partial charge in [0.2, 0.25) is 17.7 Å². The van der Waals surface area contributed by atoms with E-state index in [-0.39, 0.29) is 29.1 Å². The Labute approximate surface area is 253 Å². The smallest absolute Gasteiger partial charge is 0.308 e. The van der Waals surface area contributed by atoms with E-state index in [1.807, 2.05) is 72.8 Å². The van der Waals surface area contributed by atoms with Crippen LogP contribution in [0.3, 0.4) is 0 Å². The molecular formula is C32H22ClN3O4S2. The number of benzene rings is 4. The molecule has 0 bridgehead atoms. The highest BCUT2D eigenvalue weighted by atomic mass is 35.5. The molecule has 2 aliphatic rings. The zero-order valence-corrected chi connectivity index (χ0v) is 24.3. The normalized spacial score (nSPS) is 19.5. The molecule has 0 aliphatic carbocycles. The molecule has 0 radical (unpaired) electrons. The fraction of sp³-hybridized carbons (Fsp3) is 0.125. The summed E-state index contributed by atoms with van der Waals surface area (Å²) in [5, 5.41) is 5.13. The maximum Gasteiger partial charge on any atom is 0.308 e. The van der Waals surface area contributed by atoms with Gasteiger partial charge in [-0.3, -0.25) is 23.7 Å². The summed E-state index contributed by atoms with van der Waals surface area (Å²) in [5.41, 5.74) is 1.94. The molecule has 1 aromatic heterocycles. The zero-order chi connectivity index (χ0) is 29.0. The van der Waals surface area contributed by atoms with Gasteiger partial charge >= 0.3 is 4.87 Å². The van der Waals surface area contributed by atoms with Gasteiger partial charge in [0.1, 0.15) is 11.8 Å². The zero-order valence-electron chi connectivity index (χ0n) is 21.9. The molecule has 5 aromatic rings. The van der Waals surface area contributed by atoms with Crippen LogP contribution < -0.4 is 15.1 Å². The van der Waals surface area contributed by atoms with Gasteiger partial charge in [0.15, 0.2) is 0 Å². The predicted octanol–water partition coefficient (Wildman–Crippen LogP) is 6.15. The average molecular weight is 612 g/mol. The lowest BCUT2D eigenvalue weighted by atomic mass is 9.83. The van der Waals surface area contributed by atoms with E-state index in [2.05, 4.69) is 5.32 Å². The van der Waals surface area contributed by atoms with Crippen molar-refractivity contribution in [2.24, 2.45) is 5.92 Å². The van der Waals surface area contributed by atoms with Crippen LogP contribution in [-0.2, 0) is 20.9 Å². The largest absolute Gasteiger partial charge is 0.324 e. The van der Waals surface area contributed by atoms with Crippen molar-refractivity contribution in [1.82, 2.24) is 4.57 Å². The van der Waals surface area contributed by atoms with E-state index in [0.29, 0.717) is 26.3 Å². The van der Waals surface area contributed by atoms with Gasteiger partial charge in [-0.25, -0.2) is 4.90 Å². The minimum atomic E-state index is -0.757. The minimum Gasteiger partial charge on any atom is -0.324 e. The van der Waals surface area contributed by atoms with Crippen molar-refractivity contribution in [2.45, 2.75) is 22.7 Å². The Morgan fingerprint density at radius 3 is 2.33 bits per heavy atom. The third-order valence-electron chi connectivity index (χ3n) is 7.66. The number of rotatable bonds is 5. The quantitative estimate of drug-likeness (QED) is 0.241. The Morgan fingerprint density at radius 1 is 0.833 bits per heavy atom. The molecule has 3 atom stereocenters. The molecule has 1 fully saturated rings. The predicted molar refractivity (Wildman–Crippen MR) is 167 cm³/mol. The molecule has 3 heterocycles. The van der Waals surface area contributed by atoms with E-state index in [0.717, 1.165) is 27.7 Å². The molecular weight excluding hydrogens is 590 g/mol. The van der Waals surface area contributed by atoms with Crippen LogP contribution in [0.15, 0.2) is 107 Å². The number of thioether (sulfide) groups is 1. The molecule has 0 spiro atoms. The Kier molecular flexibility index (Phi) is 6.73. The SMILES string of the molecule is O=C(Cn1c2c(sc1=O)C(c1ccccc1)C1C(=O)N(c3ccc(Cl)cc3)C(=O)C1S2)Nc1cccc2ccccc12. The molecule has 4 aromatic carbocycles. The van der Waals surface area contributed by atoms with Crippen LogP contribution in [0.2, 0.25) is 5.02 Å². The van der Waals surface area contributed by atoms with Gasteiger partial charge in [0, 0.05) is 26.9 Å². The molecule has 208 valence electrons. The molecule has 2 aliphatic heterocycles. The lowest BCUT2D eigenvalue weighted by Gasteiger charge is -2.30. The standard InChI is InChI=1S/C32H22ClN3O4S2/c33-20-13-15-21(16-14-20)36-29(38)26-25(19-8-2-1-3-9-19)28-31(41-27(26)30(36)39)35(32(40)42-28)17-24(37)34-23-12-6-10-18-7-4-5-11-22(18)23/h1-16,25-27H,17H2,(H,34,37). The molecule has 3 unspecified atom stereocenters. The minimum absolute atomic E-state index is 0.219. The first-order chi connectivity index (χ1) is 20.4. The highest BCUT2D eigenvalue weighted by Gasteiger charge is 2.56. The second-order valence-electron chi connectivity index (χ2n) is 10.1. The van der Waals surface area contributed by atoms with Crippen molar-refractivity contribution in [3.8, 4) is 0 Å². The van der Waals surface area contributed by atoms with Crippen molar-refractivity contribution in [3.63, 3.8) is 0 Å². The molecule has 10 heteroatoms. The number of hydrogen-bond donors (Lipinski definition) is 1. The summed E-state index contributed by atoms with van der Waals surface area (Å²) in [4.78, 5) is 56.0. The van der Waals surface area contributed by atoms with Crippen LogP contribution in [-0.4, -0.2) is 27.5 Å². The lowest BCUT2D eigenvalue weighted by Crippen LogP contribution is -2.33. The molecule has 7 nitrogen and oxygen atoms in total. The van der Waals surface area contributed by atoms with E-state index in [4.69, 9.17) is 11.6 Å². The number of anilines is 2. The summed E-state index contributed by atoms with van der Waals surface area (Å²) >= 11 is 8.28. The number of fused-ring (bicyclic) bond motifs is 3. The number of thiazole rings is 1. The Morgan fingerprint density at radius 2 is 1.55 bits per heavy atom. The van der Waals surface area contributed by atoms with Crippen molar-refractivity contribution in [3.05, 3.63) is 122 Å². The maximum absolute atomic E-state index is 13.9.